The van der Waals surface area contributed by atoms with Crippen LogP contribution in [-0.2, 0) is 42.9 Å². The van der Waals surface area contributed by atoms with E-state index in [0.29, 0.717) is 4.99 Å². The number of thiocarbonyl (C=S) groups is 1. The summed E-state index contributed by atoms with van der Waals surface area (Å²) in [6.07, 6.45) is -5.58. The van der Waals surface area contributed by atoms with E-state index >= 15 is 0 Å². The number of carbonyl (C=O) groups excluding carboxylic acids is 4. The fourth-order valence-corrected chi connectivity index (χ4v) is 2.66. The molecule has 1 aliphatic heterocycles. The molecule has 0 bridgehead atoms. The molecule has 0 aromatic heterocycles. The molecule has 1 saturated heterocycles. The maximum Gasteiger partial charge on any atom is 0.303 e. The largest absolute Gasteiger partial charge is 0.463 e. The van der Waals surface area contributed by atoms with Crippen LogP contribution in [0.25, 0.3) is 0 Å². The summed E-state index contributed by atoms with van der Waals surface area (Å²) >= 11 is 5.00. The second-order valence-electron chi connectivity index (χ2n) is 5.82. The summed E-state index contributed by atoms with van der Waals surface area (Å²) in [5.74, 6) is -2.63. The average molecular weight is 405 g/mol. The molecule has 0 spiro atoms. The highest BCUT2D eigenvalue weighted by Gasteiger charge is 2.52. The Balaban J connectivity index is 3.29. The van der Waals surface area contributed by atoms with Crippen LogP contribution in [0.1, 0.15) is 34.6 Å². The fraction of sp³-hybridized carbons (Fsp3) is 0.688. The Morgan fingerprint density at radius 2 is 1.30 bits per heavy atom. The topological polar surface area (TPSA) is 126 Å². The molecule has 27 heavy (non-hydrogen) atoms. The maximum atomic E-state index is 11.6. The molecule has 1 fully saturated rings. The van der Waals surface area contributed by atoms with E-state index in [1.54, 1.807) is 6.92 Å². The van der Waals surface area contributed by atoms with Crippen molar-refractivity contribution in [2.24, 2.45) is 0 Å². The van der Waals surface area contributed by atoms with Gasteiger partial charge in [-0.05, 0) is 6.92 Å². The average Bonchev–Trinajstić information content (AvgIpc) is 2.49. The lowest BCUT2D eigenvalue weighted by Gasteiger charge is -2.44. The first-order valence-corrected chi connectivity index (χ1v) is 8.49. The van der Waals surface area contributed by atoms with Gasteiger partial charge in [0.2, 0.25) is 0 Å². The summed E-state index contributed by atoms with van der Waals surface area (Å²) in [4.78, 5) is 46.2. The van der Waals surface area contributed by atoms with Crippen molar-refractivity contribution in [1.82, 2.24) is 5.32 Å². The highest BCUT2D eigenvalue weighted by Crippen LogP contribution is 2.28. The van der Waals surface area contributed by atoms with Gasteiger partial charge >= 0.3 is 23.9 Å². The molecule has 0 aromatic rings. The summed E-state index contributed by atoms with van der Waals surface area (Å²) in [7, 11) is 0. The lowest BCUT2D eigenvalue weighted by Crippen LogP contribution is -2.66. The molecule has 152 valence electrons. The second kappa shape index (κ2) is 10.2. The minimum Gasteiger partial charge on any atom is -0.463 e. The van der Waals surface area contributed by atoms with Gasteiger partial charge in [0.25, 0.3) is 0 Å². The fourth-order valence-electron chi connectivity index (χ4n) is 2.54. The summed E-state index contributed by atoms with van der Waals surface area (Å²) in [6.45, 7) is 5.96. The number of hydrogen-bond donors (Lipinski definition) is 1. The first kappa shape index (κ1) is 22.8. The minimum absolute atomic E-state index is 0.285. The van der Waals surface area contributed by atoms with E-state index in [1.165, 1.54) is 6.92 Å². The molecule has 0 unspecified atom stereocenters. The van der Waals surface area contributed by atoms with E-state index in [4.69, 9.17) is 35.9 Å². The zero-order chi connectivity index (χ0) is 20.7. The smallest absolute Gasteiger partial charge is 0.303 e. The minimum atomic E-state index is -1.21. The van der Waals surface area contributed by atoms with Crippen molar-refractivity contribution < 1.29 is 42.9 Å². The molecular formula is C16H23NO9S. The molecule has 0 aromatic carbocycles. The zero-order valence-electron chi connectivity index (χ0n) is 15.7. The van der Waals surface area contributed by atoms with Crippen LogP contribution in [-0.4, -0.2) is 66.1 Å². The summed E-state index contributed by atoms with van der Waals surface area (Å²) in [6, 6.07) is 0. The van der Waals surface area contributed by atoms with E-state index < -0.39 is 54.5 Å². The summed E-state index contributed by atoms with van der Waals surface area (Å²) < 4.78 is 26.5. The molecule has 0 radical (unpaired) electrons. The van der Waals surface area contributed by atoms with E-state index in [1.807, 2.05) is 0 Å². The van der Waals surface area contributed by atoms with Gasteiger partial charge in [0.1, 0.15) is 12.7 Å². The number of rotatable bonds is 6. The molecule has 11 heteroatoms. The quantitative estimate of drug-likeness (QED) is 0.365. The maximum absolute atomic E-state index is 11.6. The first-order chi connectivity index (χ1) is 12.5. The van der Waals surface area contributed by atoms with Gasteiger partial charge in [-0.1, -0.05) is 12.2 Å². The van der Waals surface area contributed by atoms with Crippen LogP contribution in [0.4, 0.5) is 0 Å². The Bertz CT molecular complexity index is 609. The van der Waals surface area contributed by atoms with Crippen molar-refractivity contribution in [2.45, 2.75) is 65.3 Å². The van der Waals surface area contributed by atoms with Crippen molar-refractivity contribution >= 4 is 41.1 Å². The third kappa shape index (κ3) is 7.47. The molecule has 0 amide bonds. The standard InChI is InChI=1S/C16H23NO9S/c1-7(27)17-16-15(25-11(5)21)14(24-10(4)20)13(23-9(3)19)12(26-16)6-22-8(2)18/h12-16H,6H2,1-5H3,(H,17,27)/t12-,13-,14+,15-,16-/m1/s1. The molecule has 1 rings (SSSR count). The molecule has 0 aliphatic carbocycles. The Morgan fingerprint density at radius 1 is 0.815 bits per heavy atom. The van der Waals surface area contributed by atoms with Gasteiger partial charge in [0.15, 0.2) is 24.5 Å². The van der Waals surface area contributed by atoms with Crippen LogP contribution in [0, 0.1) is 0 Å². The van der Waals surface area contributed by atoms with E-state index in [0.717, 1.165) is 20.8 Å². The van der Waals surface area contributed by atoms with Gasteiger partial charge in [-0.15, -0.1) is 0 Å². The number of esters is 4. The third-order valence-corrected chi connectivity index (χ3v) is 3.45. The highest BCUT2D eigenvalue weighted by atomic mass is 32.1. The predicted molar refractivity (Wildman–Crippen MR) is 93.4 cm³/mol. The van der Waals surface area contributed by atoms with Gasteiger partial charge in [-0.2, -0.15) is 0 Å². The van der Waals surface area contributed by atoms with E-state index in [-0.39, 0.29) is 6.61 Å². The molecule has 1 heterocycles. The Kier molecular flexibility index (Phi) is 8.57. The van der Waals surface area contributed by atoms with Crippen molar-refractivity contribution in [3.63, 3.8) is 0 Å². The van der Waals surface area contributed by atoms with Crippen LogP contribution in [0.15, 0.2) is 0 Å². The van der Waals surface area contributed by atoms with Crippen LogP contribution in [0.5, 0.6) is 0 Å². The molecule has 5 atom stereocenters. The lowest BCUT2D eigenvalue weighted by molar-refractivity contribution is -0.254. The number of nitrogens with one attached hydrogen (secondary N) is 1. The monoisotopic (exact) mass is 405 g/mol. The second-order valence-corrected chi connectivity index (χ2v) is 6.43. The van der Waals surface area contributed by atoms with Crippen molar-refractivity contribution in [3.8, 4) is 0 Å². The Hall–Kier alpha value is -2.27. The normalized spacial score (nSPS) is 27.1. The number of hydrogen-bond acceptors (Lipinski definition) is 10. The summed E-state index contributed by atoms with van der Waals surface area (Å²) in [5.41, 5.74) is 0. The first-order valence-electron chi connectivity index (χ1n) is 8.08. The zero-order valence-corrected chi connectivity index (χ0v) is 16.5. The third-order valence-electron chi connectivity index (χ3n) is 3.34. The summed E-state index contributed by atoms with van der Waals surface area (Å²) in [5, 5.41) is 2.79. The van der Waals surface area contributed by atoms with Gasteiger partial charge in [0, 0.05) is 27.7 Å². The Labute approximate surface area is 161 Å². The van der Waals surface area contributed by atoms with Crippen LogP contribution >= 0.6 is 12.2 Å². The predicted octanol–water partition coefficient (Wildman–Crippen LogP) is 0.00640. The van der Waals surface area contributed by atoms with Gasteiger partial charge in [0.05, 0.1) is 4.99 Å². The van der Waals surface area contributed by atoms with Gasteiger partial charge in [-0.3, -0.25) is 19.2 Å². The number of carbonyl (C=O) groups is 4. The van der Waals surface area contributed by atoms with E-state index in [2.05, 4.69) is 5.32 Å². The molecule has 10 nitrogen and oxygen atoms in total. The molecular weight excluding hydrogens is 382 g/mol. The van der Waals surface area contributed by atoms with Crippen LogP contribution in [0.2, 0.25) is 0 Å². The van der Waals surface area contributed by atoms with Crippen LogP contribution in [0.3, 0.4) is 0 Å². The van der Waals surface area contributed by atoms with Crippen molar-refractivity contribution in [1.29, 1.82) is 0 Å². The van der Waals surface area contributed by atoms with Gasteiger partial charge in [-0.25, -0.2) is 0 Å². The van der Waals surface area contributed by atoms with Crippen molar-refractivity contribution in [2.75, 3.05) is 6.61 Å². The molecule has 1 N–H and O–H groups in total. The van der Waals surface area contributed by atoms with Gasteiger partial charge < -0.3 is 29.0 Å². The number of ether oxygens (including phenoxy) is 5. The molecule has 1 aliphatic rings. The Morgan fingerprint density at radius 3 is 1.74 bits per heavy atom. The lowest BCUT2D eigenvalue weighted by atomic mass is 9.97. The van der Waals surface area contributed by atoms with E-state index in [9.17, 15) is 19.2 Å². The highest BCUT2D eigenvalue weighted by molar-refractivity contribution is 7.80. The SMILES string of the molecule is CC(=O)OC[C@H]1O[C@@H](NC(C)=S)[C@H](OC(C)=O)[C@@H](OC(C)=O)[C@@H]1OC(C)=O. The van der Waals surface area contributed by atoms with Crippen LogP contribution < -0.4 is 5.32 Å². The molecule has 0 saturated carbocycles. The van der Waals surface area contributed by atoms with Crippen molar-refractivity contribution in [3.05, 3.63) is 0 Å².